The quantitative estimate of drug-likeness (QED) is 0.834. The Kier molecular flexibility index (Phi) is 5.53. The molecule has 1 aromatic carbocycles. The molecule has 3 heterocycles. The molecule has 0 spiro atoms. The molecule has 0 radical (unpaired) electrons. The van der Waals surface area contributed by atoms with Gasteiger partial charge in [0.25, 0.3) is 5.91 Å². The molecule has 1 atom stereocenters. The zero-order valence-electron chi connectivity index (χ0n) is 16.6. The third-order valence-electron chi connectivity index (χ3n) is 5.05. The van der Waals surface area contributed by atoms with E-state index in [2.05, 4.69) is 5.32 Å². The van der Waals surface area contributed by atoms with Crippen LogP contribution in [0.5, 0.6) is 11.5 Å². The summed E-state index contributed by atoms with van der Waals surface area (Å²) in [4.78, 5) is 14.6. The molecule has 0 bridgehead atoms. The molecule has 3 aliphatic rings. The normalized spacial score (nSPS) is 25.6. The fourth-order valence-electron chi connectivity index (χ4n) is 3.51. The van der Waals surface area contributed by atoms with E-state index in [0.717, 1.165) is 36.3 Å². The van der Waals surface area contributed by atoms with Crippen LogP contribution < -0.4 is 14.8 Å². The van der Waals surface area contributed by atoms with Crippen LogP contribution in [0.4, 0.5) is 0 Å². The first-order valence-corrected chi connectivity index (χ1v) is 9.61. The average molecular weight is 392 g/mol. The third-order valence-corrected chi connectivity index (χ3v) is 5.05. The van der Waals surface area contributed by atoms with Crippen LogP contribution in [0.15, 0.2) is 72.3 Å². The number of methoxy groups -OCH3 is 2. The van der Waals surface area contributed by atoms with E-state index in [1.807, 2.05) is 48.6 Å². The number of fused-ring (bicyclic) bond motifs is 1. The molecule has 0 aliphatic carbocycles. The zero-order chi connectivity index (χ0) is 20.2. The van der Waals surface area contributed by atoms with Gasteiger partial charge in [0.05, 0.1) is 20.4 Å². The molecule has 1 fully saturated rings. The van der Waals surface area contributed by atoms with Gasteiger partial charge in [-0.1, -0.05) is 18.2 Å². The summed E-state index contributed by atoms with van der Waals surface area (Å²) >= 11 is 0. The highest BCUT2D eigenvalue weighted by atomic mass is 16.5. The molecule has 3 aliphatic heterocycles. The van der Waals surface area contributed by atoms with Gasteiger partial charge in [0.2, 0.25) is 0 Å². The number of ether oxygens (including phenoxy) is 3. The number of carbonyl (C=O) groups excluding carboxylic acids is 1. The van der Waals surface area contributed by atoms with Crippen molar-refractivity contribution in [2.24, 2.45) is 0 Å². The van der Waals surface area contributed by atoms with Crippen molar-refractivity contribution in [3.63, 3.8) is 0 Å². The van der Waals surface area contributed by atoms with Crippen LogP contribution in [0.2, 0.25) is 0 Å². The van der Waals surface area contributed by atoms with E-state index in [-0.39, 0.29) is 12.0 Å². The molecule has 150 valence electrons. The molecule has 1 aromatic rings. The Balaban J connectivity index is 1.62. The van der Waals surface area contributed by atoms with E-state index in [1.54, 1.807) is 31.4 Å². The Hall–Kier alpha value is -3.25. The average Bonchev–Trinajstić information content (AvgIpc) is 3.25. The van der Waals surface area contributed by atoms with Gasteiger partial charge >= 0.3 is 0 Å². The second-order valence-corrected chi connectivity index (χ2v) is 6.93. The van der Waals surface area contributed by atoms with Crippen molar-refractivity contribution in [2.45, 2.75) is 12.5 Å². The molecular formula is C23H24N2O4. The molecule has 0 aromatic heterocycles. The summed E-state index contributed by atoms with van der Waals surface area (Å²) in [5.41, 5.74) is 2.46. The fourth-order valence-corrected chi connectivity index (χ4v) is 3.51. The Labute approximate surface area is 170 Å². The van der Waals surface area contributed by atoms with E-state index in [9.17, 15) is 4.79 Å². The van der Waals surface area contributed by atoms with Gasteiger partial charge in [0.15, 0.2) is 11.5 Å². The predicted octanol–water partition coefficient (Wildman–Crippen LogP) is 3.16. The molecule has 1 saturated heterocycles. The van der Waals surface area contributed by atoms with Crippen LogP contribution in [0.25, 0.3) is 5.57 Å². The number of benzene rings is 1. The van der Waals surface area contributed by atoms with Crippen LogP contribution in [0.1, 0.15) is 12.0 Å². The van der Waals surface area contributed by atoms with Crippen LogP contribution >= 0.6 is 0 Å². The number of nitrogens with zero attached hydrogens (tertiary/aromatic N) is 1. The Morgan fingerprint density at radius 3 is 2.72 bits per heavy atom. The lowest BCUT2D eigenvalue weighted by molar-refractivity contribution is -0.122. The number of amides is 1. The van der Waals surface area contributed by atoms with Crippen molar-refractivity contribution in [2.75, 3.05) is 27.3 Å². The first kappa shape index (κ1) is 19.1. The maximum absolute atomic E-state index is 13.0. The van der Waals surface area contributed by atoms with Crippen molar-refractivity contribution in [1.82, 2.24) is 10.2 Å². The van der Waals surface area contributed by atoms with Crippen LogP contribution in [-0.2, 0) is 9.53 Å². The van der Waals surface area contributed by atoms with Gasteiger partial charge in [0, 0.05) is 18.3 Å². The second kappa shape index (κ2) is 8.41. The minimum absolute atomic E-state index is 0.138. The Morgan fingerprint density at radius 2 is 1.97 bits per heavy atom. The predicted molar refractivity (Wildman–Crippen MR) is 111 cm³/mol. The van der Waals surface area contributed by atoms with Crippen molar-refractivity contribution < 1.29 is 19.0 Å². The summed E-state index contributed by atoms with van der Waals surface area (Å²) in [6, 6.07) is 5.60. The fraction of sp³-hybridized carbons (Fsp3) is 0.261. The number of hydrogen-bond donors (Lipinski definition) is 1. The smallest absolute Gasteiger partial charge is 0.255 e. The lowest BCUT2D eigenvalue weighted by Crippen LogP contribution is -2.27. The van der Waals surface area contributed by atoms with Crippen LogP contribution in [0, 0.1) is 0 Å². The van der Waals surface area contributed by atoms with Gasteiger partial charge in [-0.2, -0.15) is 0 Å². The van der Waals surface area contributed by atoms with Crippen molar-refractivity contribution in [3.05, 3.63) is 77.9 Å². The largest absolute Gasteiger partial charge is 0.493 e. The molecule has 1 N–H and O–H groups in total. The summed E-state index contributed by atoms with van der Waals surface area (Å²) in [6.45, 7) is 1.78. The topological polar surface area (TPSA) is 60.0 Å². The zero-order valence-corrected chi connectivity index (χ0v) is 16.6. The lowest BCUT2D eigenvalue weighted by atomic mass is 10.0. The highest BCUT2D eigenvalue weighted by Gasteiger charge is 2.22. The van der Waals surface area contributed by atoms with E-state index < -0.39 is 0 Å². The van der Waals surface area contributed by atoms with E-state index >= 15 is 0 Å². The van der Waals surface area contributed by atoms with E-state index in [0.29, 0.717) is 17.3 Å². The van der Waals surface area contributed by atoms with Crippen LogP contribution in [-0.4, -0.2) is 44.2 Å². The van der Waals surface area contributed by atoms with E-state index in [1.165, 1.54) is 0 Å². The van der Waals surface area contributed by atoms with E-state index in [4.69, 9.17) is 14.2 Å². The minimum Gasteiger partial charge on any atom is -0.493 e. The SMILES string of the molecule is COc1ccc(C2=C\C(=O)N3C=C(O[C@H]4CCNC4)C=C\C3=C/C=C/2)cc1OC. The van der Waals surface area contributed by atoms with Crippen molar-refractivity contribution in [1.29, 1.82) is 0 Å². The van der Waals surface area contributed by atoms with Gasteiger partial charge in [0.1, 0.15) is 11.9 Å². The third kappa shape index (κ3) is 4.12. The van der Waals surface area contributed by atoms with Gasteiger partial charge in [-0.05, 0) is 54.5 Å². The van der Waals surface area contributed by atoms with Gasteiger partial charge < -0.3 is 19.5 Å². The molecular weight excluding hydrogens is 368 g/mol. The highest BCUT2D eigenvalue weighted by Crippen LogP contribution is 2.32. The lowest BCUT2D eigenvalue weighted by Gasteiger charge is -2.25. The molecule has 6 nitrogen and oxygen atoms in total. The summed E-state index contributed by atoms with van der Waals surface area (Å²) in [5.74, 6) is 1.81. The minimum atomic E-state index is -0.139. The molecule has 0 saturated carbocycles. The number of rotatable bonds is 5. The number of allylic oxidation sites excluding steroid dienone is 6. The summed E-state index contributed by atoms with van der Waals surface area (Å²) in [5, 5.41) is 3.28. The number of hydrogen-bond acceptors (Lipinski definition) is 5. The number of carbonyl (C=O) groups is 1. The van der Waals surface area contributed by atoms with Gasteiger partial charge in [-0.15, -0.1) is 0 Å². The summed E-state index contributed by atoms with van der Waals surface area (Å²) in [6.07, 6.45) is 14.0. The summed E-state index contributed by atoms with van der Waals surface area (Å²) in [7, 11) is 3.19. The monoisotopic (exact) mass is 392 g/mol. The summed E-state index contributed by atoms with van der Waals surface area (Å²) < 4.78 is 16.7. The van der Waals surface area contributed by atoms with Crippen LogP contribution in [0.3, 0.4) is 0 Å². The Bertz CT molecular complexity index is 950. The maximum atomic E-state index is 13.0. The van der Waals surface area contributed by atoms with Gasteiger partial charge in [-0.25, -0.2) is 0 Å². The first-order chi connectivity index (χ1) is 14.2. The van der Waals surface area contributed by atoms with Crippen molar-refractivity contribution >= 4 is 11.5 Å². The number of nitrogens with one attached hydrogen (secondary N) is 1. The second-order valence-electron chi connectivity index (χ2n) is 6.93. The molecule has 1 amide bonds. The standard InChI is InChI=1S/C23H24N2O4/c1-27-21-9-6-17(12-22(21)28-2)16-4-3-5-18-7-8-20(15-25(18)23(26)13-16)29-19-10-11-24-14-19/h3-9,12-13,15,19,24H,10-11,14H2,1-2H3/b4-3+,16-13+,18-5+/t19-/m0/s1. The molecule has 0 unspecified atom stereocenters. The van der Waals surface area contributed by atoms with Crippen molar-refractivity contribution in [3.8, 4) is 11.5 Å². The maximum Gasteiger partial charge on any atom is 0.255 e. The first-order valence-electron chi connectivity index (χ1n) is 9.61. The molecule has 4 rings (SSSR count). The highest BCUT2D eigenvalue weighted by molar-refractivity contribution is 6.00. The van der Waals surface area contributed by atoms with Gasteiger partial charge in [-0.3, -0.25) is 9.69 Å². The Morgan fingerprint density at radius 1 is 1.10 bits per heavy atom. The molecule has 6 heteroatoms. The molecule has 29 heavy (non-hydrogen) atoms.